The van der Waals surface area contributed by atoms with E-state index < -0.39 is 0 Å². The van der Waals surface area contributed by atoms with Gasteiger partial charge in [0.25, 0.3) is 5.56 Å². The third-order valence-corrected chi connectivity index (χ3v) is 4.94. The zero-order chi connectivity index (χ0) is 19.6. The molecule has 3 aromatic rings. The minimum absolute atomic E-state index is 0.297. The zero-order valence-corrected chi connectivity index (χ0v) is 16.4. The summed E-state index contributed by atoms with van der Waals surface area (Å²) in [7, 11) is 3.17. The molecular formula is C21H26N4O2. The quantitative estimate of drug-likeness (QED) is 0.673. The average molecular weight is 366 g/mol. The maximum absolute atomic E-state index is 13.0. The van der Waals surface area contributed by atoms with Gasteiger partial charge in [0, 0.05) is 33.4 Å². The van der Waals surface area contributed by atoms with Crippen LogP contribution in [-0.2, 0) is 20.6 Å². The zero-order valence-electron chi connectivity index (χ0n) is 16.4. The Labute approximate surface area is 158 Å². The molecule has 1 aromatic carbocycles. The molecule has 0 spiro atoms. The number of aryl methyl sites for hydroxylation is 2. The third-order valence-electron chi connectivity index (χ3n) is 4.94. The molecule has 0 N–H and O–H groups in total. The number of pyridine rings is 1. The molecule has 6 nitrogen and oxygen atoms in total. The van der Waals surface area contributed by atoms with Crippen LogP contribution >= 0.6 is 0 Å². The van der Waals surface area contributed by atoms with Gasteiger partial charge in [-0.3, -0.25) is 13.9 Å². The van der Waals surface area contributed by atoms with Crippen molar-refractivity contribution in [3.8, 4) is 0 Å². The number of anilines is 1. The topological polar surface area (TPSA) is 60.1 Å². The Balaban J connectivity index is 2.26. The number of benzene rings is 1. The number of rotatable bonds is 6. The van der Waals surface area contributed by atoms with Crippen molar-refractivity contribution in [2.24, 2.45) is 14.1 Å². The van der Waals surface area contributed by atoms with Crippen LogP contribution in [0.15, 0.2) is 46.1 Å². The minimum Gasteiger partial charge on any atom is -0.366 e. The summed E-state index contributed by atoms with van der Waals surface area (Å²) in [5.74, 6) is 0. The van der Waals surface area contributed by atoms with Crippen molar-refractivity contribution >= 4 is 16.7 Å². The van der Waals surface area contributed by atoms with Crippen molar-refractivity contribution < 1.29 is 0 Å². The number of hydrogen-bond donors (Lipinski definition) is 0. The van der Waals surface area contributed by atoms with Crippen LogP contribution in [0.5, 0.6) is 0 Å². The summed E-state index contributed by atoms with van der Waals surface area (Å²) in [6, 6.07) is 10.2. The molecule has 6 heteroatoms. The van der Waals surface area contributed by atoms with E-state index >= 15 is 0 Å². The molecule has 0 fully saturated rings. The Morgan fingerprint density at radius 2 is 1.78 bits per heavy atom. The summed E-state index contributed by atoms with van der Waals surface area (Å²) in [4.78, 5) is 31.9. The van der Waals surface area contributed by atoms with Crippen LogP contribution in [-0.4, -0.2) is 20.7 Å². The number of unbranched alkanes of at least 4 members (excludes halogenated alkanes) is 1. The van der Waals surface area contributed by atoms with Gasteiger partial charge in [-0.1, -0.05) is 43.7 Å². The number of hydrogen-bond acceptors (Lipinski definition) is 4. The van der Waals surface area contributed by atoms with Crippen molar-refractivity contribution in [1.82, 2.24) is 14.1 Å². The van der Waals surface area contributed by atoms with Gasteiger partial charge >= 0.3 is 5.69 Å². The maximum atomic E-state index is 13.0. The molecule has 0 aliphatic heterocycles. The molecule has 0 aliphatic carbocycles. The van der Waals surface area contributed by atoms with Gasteiger partial charge in [-0.15, -0.1) is 0 Å². The molecule has 0 amide bonds. The SMILES string of the molecule is CCCCN(Cc1ccccc1)c1c(C)cnc2c1c(=O)n(C)c(=O)n2C. The van der Waals surface area contributed by atoms with Crippen LogP contribution < -0.4 is 16.1 Å². The summed E-state index contributed by atoms with van der Waals surface area (Å²) >= 11 is 0. The summed E-state index contributed by atoms with van der Waals surface area (Å²) < 4.78 is 2.60. The first-order valence-electron chi connectivity index (χ1n) is 9.29. The summed E-state index contributed by atoms with van der Waals surface area (Å²) in [6.45, 7) is 5.65. The molecule has 2 aromatic heterocycles. The Morgan fingerprint density at radius 3 is 2.44 bits per heavy atom. The largest absolute Gasteiger partial charge is 0.366 e. The maximum Gasteiger partial charge on any atom is 0.332 e. The molecule has 0 aliphatic rings. The number of aromatic nitrogens is 3. The Bertz CT molecular complexity index is 1070. The van der Waals surface area contributed by atoms with Crippen molar-refractivity contribution in [2.75, 3.05) is 11.4 Å². The van der Waals surface area contributed by atoms with E-state index in [0.29, 0.717) is 17.6 Å². The van der Waals surface area contributed by atoms with Gasteiger partial charge in [0.2, 0.25) is 0 Å². The van der Waals surface area contributed by atoms with Gasteiger partial charge in [-0.25, -0.2) is 9.78 Å². The van der Waals surface area contributed by atoms with Crippen LogP contribution in [0.3, 0.4) is 0 Å². The first-order chi connectivity index (χ1) is 13.0. The second-order valence-corrected chi connectivity index (χ2v) is 6.95. The molecule has 3 rings (SSSR count). The molecule has 0 saturated carbocycles. The molecular weight excluding hydrogens is 340 g/mol. The van der Waals surface area contributed by atoms with Crippen LogP contribution in [0.1, 0.15) is 30.9 Å². The Hall–Kier alpha value is -2.89. The van der Waals surface area contributed by atoms with Crippen molar-refractivity contribution in [1.29, 1.82) is 0 Å². The highest BCUT2D eigenvalue weighted by molar-refractivity contribution is 5.90. The predicted octanol–water partition coefficient (Wildman–Crippen LogP) is 2.75. The lowest BCUT2D eigenvalue weighted by molar-refractivity contribution is 0.698. The number of nitrogens with zero attached hydrogens (tertiary/aromatic N) is 4. The van der Waals surface area contributed by atoms with Crippen LogP contribution in [0.4, 0.5) is 5.69 Å². The molecule has 27 heavy (non-hydrogen) atoms. The van der Waals surface area contributed by atoms with Crippen LogP contribution in [0.25, 0.3) is 11.0 Å². The molecule has 0 atom stereocenters. The lowest BCUT2D eigenvalue weighted by atomic mass is 10.1. The molecule has 2 heterocycles. The standard InChI is InChI=1S/C21H26N4O2/c1-5-6-12-25(14-16-10-8-7-9-11-16)18-15(2)13-22-19-17(18)20(26)24(4)21(27)23(19)3/h7-11,13H,5-6,12,14H2,1-4H3. The van der Waals surface area contributed by atoms with Crippen LogP contribution in [0.2, 0.25) is 0 Å². The van der Waals surface area contributed by atoms with Gasteiger partial charge in [0.1, 0.15) is 5.39 Å². The number of fused-ring (bicyclic) bond motifs is 1. The van der Waals surface area contributed by atoms with E-state index in [-0.39, 0.29) is 11.2 Å². The first kappa shape index (κ1) is 18.9. The van der Waals surface area contributed by atoms with Gasteiger partial charge in [-0.05, 0) is 24.5 Å². The summed E-state index contributed by atoms with van der Waals surface area (Å²) in [5.41, 5.74) is 2.75. The van der Waals surface area contributed by atoms with Gasteiger partial charge in [-0.2, -0.15) is 0 Å². The molecule has 142 valence electrons. The van der Waals surface area contributed by atoms with Gasteiger partial charge in [0.15, 0.2) is 5.65 Å². The minimum atomic E-state index is -0.363. The predicted molar refractivity (Wildman–Crippen MR) is 109 cm³/mol. The highest BCUT2D eigenvalue weighted by atomic mass is 16.2. The fourth-order valence-corrected chi connectivity index (χ4v) is 3.44. The summed E-state index contributed by atoms with van der Waals surface area (Å²) in [6.07, 6.45) is 3.83. The average Bonchev–Trinajstić information content (AvgIpc) is 2.68. The van der Waals surface area contributed by atoms with Crippen LogP contribution in [0, 0.1) is 6.92 Å². The third kappa shape index (κ3) is 3.52. The van der Waals surface area contributed by atoms with E-state index in [0.717, 1.165) is 35.2 Å². The molecule has 0 unspecified atom stereocenters. The molecule has 0 saturated heterocycles. The van der Waals surface area contributed by atoms with Crippen molar-refractivity contribution in [2.45, 2.75) is 33.2 Å². The smallest absolute Gasteiger partial charge is 0.332 e. The highest BCUT2D eigenvalue weighted by Crippen LogP contribution is 2.28. The highest BCUT2D eigenvalue weighted by Gasteiger charge is 2.20. The molecule has 0 radical (unpaired) electrons. The Kier molecular flexibility index (Phi) is 5.44. The second kappa shape index (κ2) is 7.78. The lowest BCUT2D eigenvalue weighted by Crippen LogP contribution is -2.38. The fourth-order valence-electron chi connectivity index (χ4n) is 3.44. The van der Waals surface area contributed by atoms with Gasteiger partial charge in [0.05, 0.1) is 5.69 Å². The lowest BCUT2D eigenvalue weighted by Gasteiger charge is -2.28. The van der Waals surface area contributed by atoms with E-state index in [1.807, 2.05) is 25.1 Å². The van der Waals surface area contributed by atoms with Crippen molar-refractivity contribution in [3.63, 3.8) is 0 Å². The van der Waals surface area contributed by atoms with E-state index in [1.165, 1.54) is 17.2 Å². The van der Waals surface area contributed by atoms with E-state index in [4.69, 9.17) is 0 Å². The monoisotopic (exact) mass is 366 g/mol. The fraction of sp³-hybridized carbons (Fsp3) is 0.381. The second-order valence-electron chi connectivity index (χ2n) is 6.95. The van der Waals surface area contributed by atoms with E-state index in [1.54, 1.807) is 13.2 Å². The molecule has 0 bridgehead atoms. The van der Waals surface area contributed by atoms with Gasteiger partial charge < -0.3 is 4.90 Å². The normalized spacial score (nSPS) is 11.1. The summed E-state index contributed by atoms with van der Waals surface area (Å²) in [5, 5.41) is 0.506. The van der Waals surface area contributed by atoms with E-state index in [2.05, 4.69) is 28.9 Å². The van der Waals surface area contributed by atoms with E-state index in [9.17, 15) is 9.59 Å². The first-order valence-corrected chi connectivity index (χ1v) is 9.29. The van der Waals surface area contributed by atoms with Crippen molar-refractivity contribution in [3.05, 3.63) is 68.5 Å². The Morgan fingerprint density at radius 1 is 1.07 bits per heavy atom.